The summed E-state index contributed by atoms with van der Waals surface area (Å²) in [6, 6.07) is 24.8. The molecule has 0 aliphatic carbocycles. The molecule has 0 amide bonds. The summed E-state index contributed by atoms with van der Waals surface area (Å²) in [5.74, 6) is 2.39. The van der Waals surface area contributed by atoms with E-state index in [-0.39, 0.29) is 47.9 Å². The fraction of sp³-hybridized carbons (Fsp3) is 0.429. The molecule has 6 rings (SSSR count). The molecule has 3 heterocycles. The smallest absolute Gasteiger partial charge is 0.173 e. The number of allylic oxidation sites excluding steroid dienone is 2. The second kappa shape index (κ2) is 17.4. The van der Waals surface area contributed by atoms with E-state index in [1.54, 1.807) is 0 Å². The third kappa shape index (κ3) is 9.19. The fourth-order valence-electron chi connectivity index (χ4n) is 7.03. The van der Waals surface area contributed by atoms with Crippen molar-refractivity contribution in [1.82, 2.24) is 4.98 Å². The molecule has 3 aromatic heterocycles. The number of rotatable bonds is 11. The zero-order chi connectivity index (χ0) is 39.6. The first-order chi connectivity index (χ1) is 25.5. The third-order valence-corrected chi connectivity index (χ3v) is 11.7. The molecular formula is C49H60IrNO4-. The number of aryl methyl sites for hydroxylation is 1. The number of aliphatic hydroxyl groups is 1. The predicted molar refractivity (Wildman–Crippen MR) is 226 cm³/mol. The molecule has 55 heavy (non-hydrogen) atoms. The van der Waals surface area contributed by atoms with Gasteiger partial charge in [0.15, 0.2) is 17.3 Å². The molecule has 5 nitrogen and oxygen atoms in total. The van der Waals surface area contributed by atoms with E-state index >= 15 is 0 Å². The summed E-state index contributed by atoms with van der Waals surface area (Å²) < 4.78 is 12.8. The SMILES string of the molecule is CCC(C)(CC)C(=O)/C=C(\O)C(C)(CC)CC.Cc1c(-c2cc3ccnc(-c4[c-]c5ccccc5c(C(C)(C)C)c4)c3o2)oc2ccc(CC(C)C)cc12.[Ir]. The maximum Gasteiger partial charge on any atom is 0.173 e. The normalized spacial score (nSPS) is 12.6. The van der Waals surface area contributed by atoms with Crippen LogP contribution in [0.1, 0.15) is 119 Å². The topological polar surface area (TPSA) is 76.5 Å². The Morgan fingerprint density at radius 1 is 0.855 bits per heavy atom. The van der Waals surface area contributed by atoms with Crippen molar-refractivity contribution >= 4 is 38.5 Å². The van der Waals surface area contributed by atoms with Crippen molar-refractivity contribution in [2.45, 2.75) is 121 Å². The minimum Gasteiger partial charge on any atom is -0.512 e. The number of aliphatic hydroxyl groups excluding tert-OH is 1. The number of hydrogen-bond donors (Lipinski definition) is 1. The number of nitrogens with zero attached hydrogens (tertiary/aromatic N) is 1. The molecule has 3 aromatic carbocycles. The standard InChI is InChI=1S/C34H32NO2.C15H28O2.Ir/c1-20(2)15-22-11-12-29-27(16-22)21(3)32(36-29)30-19-24-13-14-35-31(33(24)37-30)25-17-23-9-7-8-10-26(23)28(18-25)34(4,5)6;1-7-14(5,8-2)12(16)11-13(17)15(6,9-3)10-4;/h7-14,16,18-20H,15H2,1-6H3;11,16H,7-10H2,1-6H3;/q-1;;/b;12-11-;. The van der Waals surface area contributed by atoms with Crippen LogP contribution in [0.15, 0.2) is 87.5 Å². The van der Waals surface area contributed by atoms with Crippen molar-refractivity contribution in [3.63, 3.8) is 0 Å². The molecule has 0 saturated carbocycles. The van der Waals surface area contributed by atoms with Crippen LogP contribution in [0.3, 0.4) is 0 Å². The van der Waals surface area contributed by atoms with Gasteiger partial charge in [-0.1, -0.05) is 111 Å². The number of hydrogen-bond acceptors (Lipinski definition) is 5. The average molecular weight is 919 g/mol. The summed E-state index contributed by atoms with van der Waals surface area (Å²) in [7, 11) is 0. The van der Waals surface area contributed by atoms with Gasteiger partial charge in [0.05, 0.1) is 0 Å². The van der Waals surface area contributed by atoms with Crippen molar-refractivity contribution in [3.8, 4) is 22.8 Å². The molecule has 295 valence electrons. The molecule has 0 unspecified atom stereocenters. The molecule has 0 aliphatic rings. The van der Waals surface area contributed by atoms with Crippen LogP contribution in [-0.2, 0) is 36.7 Å². The Kier molecular flexibility index (Phi) is 13.9. The molecule has 1 N–H and O–H groups in total. The van der Waals surface area contributed by atoms with Gasteiger partial charge < -0.3 is 13.9 Å². The van der Waals surface area contributed by atoms with Crippen LogP contribution in [0.5, 0.6) is 0 Å². The van der Waals surface area contributed by atoms with Crippen LogP contribution in [0.2, 0.25) is 0 Å². The number of carbonyl (C=O) groups is 1. The number of fused-ring (bicyclic) bond motifs is 3. The molecule has 0 fully saturated rings. The van der Waals surface area contributed by atoms with Crippen LogP contribution in [0.25, 0.3) is 55.5 Å². The van der Waals surface area contributed by atoms with E-state index < -0.39 is 0 Å². The van der Waals surface area contributed by atoms with Crippen molar-refractivity contribution in [1.29, 1.82) is 0 Å². The summed E-state index contributed by atoms with van der Waals surface area (Å²) in [5, 5.41) is 14.6. The van der Waals surface area contributed by atoms with Gasteiger partial charge in [0.2, 0.25) is 0 Å². The van der Waals surface area contributed by atoms with Gasteiger partial charge >= 0.3 is 0 Å². The van der Waals surface area contributed by atoms with E-state index in [1.807, 2.05) is 53.8 Å². The van der Waals surface area contributed by atoms with Gasteiger partial charge in [0.25, 0.3) is 0 Å². The zero-order valence-electron chi connectivity index (χ0n) is 35.0. The van der Waals surface area contributed by atoms with Crippen LogP contribution in [-0.4, -0.2) is 15.9 Å². The minimum atomic E-state index is -0.337. The molecule has 6 heteroatoms. The number of carbonyl (C=O) groups excluding carboxylic acids is 1. The first kappa shape index (κ1) is 43.7. The van der Waals surface area contributed by atoms with Crippen LogP contribution >= 0.6 is 0 Å². The Hall–Kier alpha value is -3.99. The Bertz CT molecular complexity index is 2290. The number of pyridine rings is 1. The Morgan fingerprint density at radius 2 is 1.51 bits per heavy atom. The molecule has 0 aliphatic heterocycles. The van der Waals surface area contributed by atoms with Crippen molar-refractivity contribution in [2.24, 2.45) is 16.7 Å². The molecule has 6 aromatic rings. The van der Waals surface area contributed by atoms with E-state index in [2.05, 4.69) is 102 Å². The number of benzene rings is 3. The largest absolute Gasteiger partial charge is 0.512 e. The van der Waals surface area contributed by atoms with Crippen molar-refractivity contribution in [3.05, 3.63) is 101 Å². The quantitative estimate of drug-likeness (QED) is 0.0796. The van der Waals surface area contributed by atoms with Crippen molar-refractivity contribution in [2.75, 3.05) is 0 Å². The summed E-state index contributed by atoms with van der Waals surface area (Å²) in [4.78, 5) is 16.9. The molecule has 0 spiro atoms. The minimum absolute atomic E-state index is 0. The maximum atomic E-state index is 12.2. The van der Waals surface area contributed by atoms with Crippen LogP contribution in [0, 0.1) is 29.7 Å². The fourth-order valence-corrected chi connectivity index (χ4v) is 7.03. The van der Waals surface area contributed by atoms with Gasteiger partial charge in [-0.3, -0.25) is 9.78 Å². The third-order valence-electron chi connectivity index (χ3n) is 11.7. The summed E-state index contributed by atoms with van der Waals surface area (Å²) in [5.41, 5.74) is 6.45. The molecule has 1 radical (unpaired) electrons. The number of furan rings is 2. The van der Waals surface area contributed by atoms with Gasteiger partial charge in [0.1, 0.15) is 16.9 Å². The molecular weight excluding hydrogens is 859 g/mol. The zero-order valence-corrected chi connectivity index (χ0v) is 37.4. The Balaban J connectivity index is 0.000000320. The van der Waals surface area contributed by atoms with Gasteiger partial charge in [-0.2, -0.15) is 0 Å². The van der Waals surface area contributed by atoms with Gasteiger partial charge in [-0.15, -0.1) is 29.1 Å². The average Bonchev–Trinajstić information content (AvgIpc) is 3.73. The first-order valence-electron chi connectivity index (χ1n) is 19.8. The van der Waals surface area contributed by atoms with Gasteiger partial charge in [0, 0.05) is 65.2 Å². The predicted octanol–water partition coefficient (Wildman–Crippen LogP) is 14.3. The van der Waals surface area contributed by atoms with E-state index in [0.29, 0.717) is 5.92 Å². The Morgan fingerprint density at radius 3 is 2.13 bits per heavy atom. The molecule has 0 bridgehead atoms. The second-order valence-corrected chi connectivity index (χ2v) is 17.0. The number of ketones is 1. The second-order valence-electron chi connectivity index (χ2n) is 17.0. The Labute approximate surface area is 342 Å². The maximum absolute atomic E-state index is 12.2. The first-order valence-corrected chi connectivity index (χ1v) is 19.8. The van der Waals surface area contributed by atoms with Gasteiger partial charge in [-0.25, -0.2) is 0 Å². The van der Waals surface area contributed by atoms with Crippen LogP contribution < -0.4 is 0 Å². The van der Waals surface area contributed by atoms with E-state index in [1.165, 1.54) is 22.6 Å². The van der Waals surface area contributed by atoms with E-state index in [9.17, 15) is 9.90 Å². The van der Waals surface area contributed by atoms with E-state index in [0.717, 1.165) is 87.8 Å². The molecule has 0 saturated heterocycles. The number of aromatic nitrogens is 1. The van der Waals surface area contributed by atoms with E-state index in [4.69, 9.17) is 13.8 Å². The molecule has 0 atom stereocenters. The van der Waals surface area contributed by atoms with Gasteiger partial charge in [-0.05, 0) is 80.2 Å². The summed E-state index contributed by atoms with van der Waals surface area (Å²) >= 11 is 0. The van der Waals surface area contributed by atoms with Crippen molar-refractivity contribution < 1.29 is 38.8 Å². The monoisotopic (exact) mass is 919 g/mol. The summed E-state index contributed by atoms with van der Waals surface area (Å²) in [6.45, 7) is 25.4. The summed E-state index contributed by atoms with van der Waals surface area (Å²) in [6.07, 6.45) is 7.65. The van der Waals surface area contributed by atoms with Crippen LogP contribution in [0.4, 0.5) is 0 Å².